The fourth-order valence-electron chi connectivity index (χ4n) is 3.73. The molecular weight excluding hydrogens is 384 g/mol. The van der Waals surface area contributed by atoms with Gasteiger partial charge in [-0.05, 0) is 35.2 Å². The van der Waals surface area contributed by atoms with Crippen molar-refractivity contribution in [1.82, 2.24) is 19.7 Å². The van der Waals surface area contributed by atoms with Crippen LogP contribution in [0.4, 0.5) is 0 Å². The molecule has 0 amide bonds. The fourth-order valence-corrected chi connectivity index (χ4v) is 4.48. The fraction of sp³-hybridized carbons (Fsp3) is 0.273. The molecule has 1 aromatic carbocycles. The van der Waals surface area contributed by atoms with Crippen molar-refractivity contribution in [1.29, 1.82) is 0 Å². The van der Waals surface area contributed by atoms with Gasteiger partial charge in [-0.15, -0.1) is 16.4 Å². The predicted molar refractivity (Wildman–Crippen MR) is 113 cm³/mol. The van der Waals surface area contributed by atoms with Crippen LogP contribution in [0.1, 0.15) is 16.7 Å². The monoisotopic (exact) mass is 406 g/mol. The number of pyridine rings is 1. The lowest BCUT2D eigenvalue weighted by molar-refractivity contribution is -0.0340. The highest BCUT2D eigenvalue weighted by molar-refractivity contribution is 7.09. The third-order valence-corrected chi connectivity index (χ3v) is 6.14. The van der Waals surface area contributed by atoms with Crippen molar-refractivity contribution in [2.45, 2.75) is 12.6 Å². The number of hydrogen-bond acceptors (Lipinski definition) is 6. The molecule has 5 rings (SSSR count). The second-order valence-corrected chi connectivity index (χ2v) is 8.16. The number of methoxy groups -OCH3 is 1. The molecule has 0 aliphatic carbocycles. The Kier molecular flexibility index (Phi) is 5.01. The first-order valence-electron chi connectivity index (χ1n) is 9.66. The number of hydrogen-bond donors (Lipinski definition) is 0. The molecule has 148 valence electrons. The van der Waals surface area contributed by atoms with Crippen LogP contribution in [-0.4, -0.2) is 46.5 Å². The van der Waals surface area contributed by atoms with Crippen LogP contribution >= 0.6 is 11.3 Å². The van der Waals surface area contributed by atoms with Crippen molar-refractivity contribution in [2.24, 2.45) is 0 Å². The van der Waals surface area contributed by atoms with E-state index >= 15 is 0 Å². The van der Waals surface area contributed by atoms with Crippen LogP contribution in [0.5, 0.6) is 5.75 Å². The van der Waals surface area contributed by atoms with Gasteiger partial charge in [-0.25, -0.2) is 4.52 Å². The smallest absolute Gasteiger partial charge is 0.121 e. The lowest BCUT2D eigenvalue weighted by Gasteiger charge is -2.31. The molecule has 0 bridgehead atoms. The number of morpholine rings is 1. The number of benzene rings is 1. The van der Waals surface area contributed by atoms with Gasteiger partial charge in [0.25, 0.3) is 0 Å². The van der Waals surface area contributed by atoms with Crippen molar-refractivity contribution in [2.75, 3.05) is 26.8 Å². The first-order chi connectivity index (χ1) is 14.3. The van der Waals surface area contributed by atoms with Crippen molar-refractivity contribution in [3.8, 4) is 16.9 Å². The maximum absolute atomic E-state index is 6.05. The maximum atomic E-state index is 6.05. The molecule has 0 saturated carbocycles. The molecule has 4 heterocycles. The Hall–Kier alpha value is -2.74. The highest BCUT2D eigenvalue weighted by Gasteiger charge is 2.26. The molecule has 1 saturated heterocycles. The predicted octanol–water partition coefficient (Wildman–Crippen LogP) is 4.04. The van der Waals surface area contributed by atoms with Gasteiger partial charge in [0.05, 0.1) is 19.2 Å². The molecule has 1 atom stereocenters. The number of ether oxygens (including phenoxy) is 2. The molecule has 6 nitrogen and oxygen atoms in total. The van der Waals surface area contributed by atoms with Gasteiger partial charge in [0.15, 0.2) is 0 Å². The Balaban J connectivity index is 1.37. The number of rotatable bonds is 5. The number of aromatic nitrogens is 3. The Morgan fingerprint density at radius 3 is 2.79 bits per heavy atom. The third kappa shape index (κ3) is 3.76. The molecule has 1 fully saturated rings. The van der Waals surface area contributed by atoms with Crippen LogP contribution in [0.25, 0.3) is 16.6 Å². The van der Waals surface area contributed by atoms with Crippen LogP contribution in [0.15, 0.2) is 60.1 Å². The van der Waals surface area contributed by atoms with Crippen LogP contribution in [0.2, 0.25) is 0 Å². The van der Waals surface area contributed by atoms with E-state index in [-0.39, 0.29) is 6.10 Å². The number of nitrogens with zero attached hydrogens (tertiary/aromatic N) is 4. The molecule has 1 unspecified atom stereocenters. The summed E-state index contributed by atoms with van der Waals surface area (Å²) < 4.78 is 13.1. The minimum atomic E-state index is -0.0620. The summed E-state index contributed by atoms with van der Waals surface area (Å²) in [4.78, 5) is 3.80. The molecule has 4 aromatic rings. The summed E-state index contributed by atoms with van der Waals surface area (Å²) in [5.41, 5.74) is 4.09. The lowest BCUT2D eigenvalue weighted by atomic mass is 10.1. The van der Waals surface area contributed by atoms with E-state index < -0.39 is 0 Å². The van der Waals surface area contributed by atoms with Gasteiger partial charge in [0.1, 0.15) is 17.5 Å². The lowest BCUT2D eigenvalue weighted by Crippen LogP contribution is -2.37. The zero-order chi connectivity index (χ0) is 19.6. The average molecular weight is 407 g/mol. The van der Waals surface area contributed by atoms with E-state index in [0.29, 0.717) is 6.61 Å². The second-order valence-electron chi connectivity index (χ2n) is 7.12. The second kappa shape index (κ2) is 7.94. The number of fused-ring (bicyclic) bond motifs is 1. The van der Waals surface area contributed by atoms with Crippen LogP contribution in [-0.2, 0) is 11.3 Å². The molecule has 0 radical (unpaired) electrons. The van der Waals surface area contributed by atoms with Gasteiger partial charge < -0.3 is 9.47 Å². The van der Waals surface area contributed by atoms with Crippen molar-refractivity contribution >= 4 is 16.9 Å². The van der Waals surface area contributed by atoms with Crippen LogP contribution < -0.4 is 4.74 Å². The topological polar surface area (TPSA) is 51.9 Å². The summed E-state index contributed by atoms with van der Waals surface area (Å²) in [6.07, 6.45) is 1.95. The average Bonchev–Trinajstić information content (AvgIpc) is 3.43. The van der Waals surface area contributed by atoms with E-state index in [4.69, 9.17) is 9.47 Å². The molecule has 0 N–H and O–H groups in total. The van der Waals surface area contributed by atoms with E-state index in [1.165, 1.54) is 4.88 Å². The van der Waals surface area contributed by atoms with Crippen LogP contribution in [0, 0.1) is 0 Å². The largest absolute Gasteiger partial charge is 0.497 e. The Labute approximate surface area is 173 Å². The van der Waals surface area contributed by atoms with Crippen LogP contribution in [0.3, 0.4) is 0 Å². The quantitative estimate of drug-likeness (QED) is 0.501. The molecule has 3 aromatic heterocycles. The third-order valence-electron chi connectivity index (χ3n) is 5.28. The minimum absolute atomic E-state index is 0.0620. The summed E-state index contributed by atoms with van der Waals surface area (Å²) in [5, 5.41) is 10.9. The molecule has 29 heavy (non-hydrogen) atoms. The zero-order valence-electron chi connectivity index (χ0n) is 16.2. The Bertz CT molecular complexity index is 1090. The Morgan fingerprint density at radius 2 is 2.00 bits per heavy atom. The molecule has 0 spiro atoms. The van der Waals surface area contributed by atoms with E-state index in [9.17, 15) is 0 Å². The SMILES string of the molecule is COc1ccc(-c2ccc3c(C4CN(Cc5cccs5)CCO4)nnn3c2)cc1. The highest BCUT2D eigenvalue weighted by atomic mass is 32.1. The highest BCUT2D eigenvalue weighted by Crippen LogP contribution is 2.28. The summed E-state index contributed by atoms with van der Waals surface area (Å²) in [6, 6.07) is 16.5. The van der Waals surface area contributed by atoms with Crippen molar-refractivity contribution in [3.05, 3.63) is 70.7 Å². The van der Waals surface area contributed by atoms with Gasteiger partial charge in [-0.2, -0.15) is 0 Å². The van der Waals surface area contributed by atoms with E-state index in [1.54, 1.807) is 18.4 Å². The van der Waals surface area contributed by atoms with Crippen molar-refractivity contribution < 1.29 is 9.47 Å². The Morgan fingerprint density at radius 1 is 1.14 bits per heavy atom. The van der Waals surface area contributed by atoms with Gasteiger partial charge in [0, 0.05) is 36.3 Å². The standard InChI is InChI=1S/C22H22N4O2S/c1-27-18-7-4-16(5-8-18)17-6-9-20-22(23-24-26(20)13-17)21-15-25(10-11-28-21)14-19-3-2-12-29-19/h2-9,12-13,21H,10-11,14-15H2,1H3. The van der Waals surface area contributed by atoms with E-state index in [2.05, 4.69) is 44.9 Å². The van der Waals surface area contributed by atoms with Gasteiger partial charge in [-0.1, -0.05) is 29.5 Å². The normalized spacial score (nSPS) is 17.6. The number of thiophene rings is 1. The maximum Gasteiger partial charge on any atom is 0.121 e. The van der Waals surface area contributed by atoms with Gasteiger partial charge in [-0.3, -0.25) is 4.90 Å². The zero-order valence-corrected chi connectivity index (χ0v) is 17.0. The van der Waals surface area contributed by atoms with Gasteiger partial charge >= 0.3 is 0 Å². The van der Waals surface area contributed by atoms with Crippen molar-refractivity contribution in [3.63, 3.8) is 0 Å². The summed E-state index contributed by atoms with van der Waals surface area (Å²) in [7, 11) is 1.67. The molecular formula is C22H22N4O2S. The first kappa shape index (κ1) is 18.3. The minimum Gasteiger partial charge on any atom is -0.497 e. The molecule has 7 heteroatoms. The van der Waals surface area contributed by atoms with E-state index in [1.807, 2.05) is 35.0 Å². The summed E-state index contributed by atoms with van der Waals surface area (Å²) >= 11 is 1.80. The molecule has 1 aliphatic heterocycles. The summed E-state index contributed by atoms with van der Waals surface area (Å²) in [6.45, 7) is 3.43. The molecule has 1 aliphatic rings. The van der Waals surface area contributed by atoms with Gasteiger partial charge in [0.2, 0.25) is 0 Å². The summed E-state index contributed by atoms with van der Waals surface area (Å²) in [5.74, 6) is 0.847. The van der Waals surface area contributed by atoms with E-state index in [0.717, 1.165) is 47.7 Å². The first-order valence-corrected chi connectivity index (χ1v) is 10.5.